The van der Waals surface area contributed by atoms with Crippen molar-refractivity contribution in [1.29, 1.82) is 0 Å². The van der Waals surface area contributed by atoms with E-state index in [-0.39, 0.29) is 5.91 Å². The van der Waals surface area contributed by atoms with E-state index < -0.39 is 0 Å². The van der Waals surface area contributed by atoms with Crippen LogP contribution >= 0.6 is 0 Å². The van der Waals surface area contributed by atoms with Gasteiger partial charge in [0.2, 0.25) is 5.91 Å². The summed E-state index contributed by atoms with van der Waals surface area (Å²) in [7, 11) is 0. The molecule has 0 spiro atoms. The first-order valence-electron chi connectivity index (χ1n) is 6.15. The van der Waals surface area contributed by atoms with Gasteiger partial charge in [0.25, 0.3) is 0 Å². The van der Waals surface area contributed by atoms with Crippen LogP contribution in [0.25, 0.3) is 0 Å². The number of aryl methyl sites for hydroxylation is 1. The van der Waals surface area contributed by atoms with Gasteiger partial charge in [0.1, 0.15) is 0 Å². The predicted molar refractivity (Wildman–Crippen MR) is 71.6 cm³/mol. The first kappa shape index (κ1) is 13.5. The quantitative estimate of drug-likeness (QED) is 0.735. The molecule has 0 aliphatic rings. The van der Waals surface area contributed by atoms with Crippen molar-refractivity contribution in [2.24, 2.45) is 0 Å². The molecule has 0 N–H and O–H groups in total. The Morgan fingerprint density at radius 3 is 2.47 bits per heavy atom. The molecular weight excluding hydrogens is 210 g/mol. The number of hydrogen-bond donors (Lipinski definition) is 0. The van der Waals surface area contributed by atoms with Gasteiger partial charge < -0.3 is 4.90 Å². The monoisotopic (exact) mass is 231 g/mol. The summed E-state index contributed by atoms with van der Waals surface area (Å²) in [5.74, 6) is 0.177. The summed E-state index contributed by atoms with van der Waals surface area (Å²) in [5, 5.41) is 0. The smallest absolute Gasteiger partial charge is 0.226 e. The molecule has 92 valence electrons. The fraction of sp³-hybridized carbons (Fsp3) is 0.400. The van der Waals surface area contributed by atoms with Gasteiger partial charge in [0.15, 0.2) is 0 Å². The number of hydrogen-bond acceptors (Lipinski definition) is 1. The Morgan fingerprint density at radius 1 is 1.29 bits per heavy atom. The van der Waals surface area contributed by atoms with E-state index in [0.29, 0.717) is 13.0 Å². The number of rotatable bonds is 6. The molecule has 0 fully saturated rings. The molecule has 0 saturated heterocycles. The lowest BCUT2D eigenvalue weighted by atomic mass is 10.1. The zero-order valence-corrected chi connectivity index (χ0v) is 10.8. The van der Waals surface area contributed by atoms with Gasteiger partial charge >= 0.3 is 0 Å². The molecule has 1 aromatic carbocycles. The summed E-state index contributed by atoms with van der Waals surface area (Å²) in [4.78, 5) is 13.6. The number of benzene rings is 1. The minimum atomic E-state index is 0.177. The van der Waals surface area contributed by atoms with Gasteiger partial charge in [-0.1, -0.05) is 36.9 Å². The van der Waals surface area contributed by atoms with Crippen molar-refractivity contribution in [3.63, 3.8) is 0 Å². The van der Waals surface area contributed by atoms with Crippen LogP contribution in [0.4, 0.5) is 0 Å². The molecule has 0 heterocycles. The lowest BCUT2D eigenvalue weighted by Crippen LogP contribution is -2.28. The second-order valence-corrected chi connectivity index (χ2v) is 4.21. The van der Waals surface area contributed by atoms with Gasteiger partial charge in [-0.3, -0.25) is 4.79 Å². The van der Waals surface area contributed by atoms with Crippen molar-refractivity contribution in [2.75, 3.05) is 6.54 Å². The van der Waals surface area contributed by atoms with Gasteiger partial charge in [-0.05, 0) is 32.3 Å². The number of amides is 1. The third-order valence-electron chi connectivity index (χ3n) is 2.78. The van der Waals surface area contributed by atoms with Crippen LogP contribution in [-0.4, -0.2) is 17.4 Å². The second-order valence-electron chi connectivity index (χ2n) is 4.21. The number of carbonyl (C=O) groups excluding carboxylic acids is 1. The maximum absolute atomic E-state index is 11.9. The van der Waals surface area contributed by atoms with E-state index in [1.54, 1.807) is 4.90 Å². The first-order valence-corrected chi connectivity index (χ1v) is 6.15. The Balaban J connectivity index is 2.36. The van der Waals surface area contributed by atoms with Gasteiger partial charge in [0, 0.05) is 18.7 Å². The van der Waals surface area contributed by atoms with Gasteiger partial charge in [-0.15, -0.1) is 0 Å². The van der Waals surface area contributed by atoms with Gasteiger partial charge in [-0.25, -0.2) is 0 Å². The third-order valence-corrected chi connectivity index (χ3v) is 2.78. The van der Waals surface area contributed by atoms with E-state index >= 15 is 0 Å². The molecule has 0 saturated carbocycles. The zero-order chi connectivity index (χ0) is 12.7. The summed E-state index contributed by atoms with van der Waals surface area (Å²) >= 11 is 0. The van der Waals surface area contributed by atoms with Crippen molar-refractivity contribution < 1.29 is 4.79 Å². The zero-order valence-electron chi connectivity index (χ0n) is 10.8. The average molecular weight is 231 g/mol. The standard InChI is InChI=1S/C15H21NO/c1-4-16(13(2)3)15(17)12-8-11-14-9-6-5-7-10-14/h5-7,9-10H,2,4,8,11-12H2,1,3H3. The van der Waals surface area contributed by atoms with Gasteiger partial charge in [-0.2, -0.15) is 0 Å². The molecule has 0 atom stereocenters. The Labute approximate surface area is 104 Å². The van der Waals surface area contributed by atoms with E-state index in [9.17, 15) is 4.79 Å². The van der Waals surface area contributed by atoms with Crippen LogP contribution < -0.4 is 0 Å². The highest BCUT2D eigenvalue weighted by Crippen LogP contribution is 2.08. The highest BCUT2D eigenvalue weighted by atomic mass is 16.2. The average Bonchev–Trinajstić information content (AvgIpc) is 2.30. The van der Waals surface area contributed by atoms with Crippen LogP contribution in [0.3, 0.4) is 0 Å². The third kappa shape index (κ3) is 4.43. The van der Waals surface area contributed by atoms with E-state index in [2.05, 4.69) is 18.7 Å². The molecule has 1 aromatic rings. The summed E-state index contributed by atoms with van der Waals surface area (Å²) in [5.41, 5.74) is 2.12. The maximum Gasteiger partial charge on any atom is 0.226 e. The Morgan fingerprint density at radius 2 is 1.94 bits per heavy atom. The minimum Gasteiger partial charge on any atom is -0.317 e. The number of carbonyl (C=O) groups is 1. The maximum atomic E-state index is 11.9. The SMILES string of the molecule is C=C(C)N(CC)C(=O)CCCc1ccccc1. The molecule has 0 aromatic heterocycles. The first-order chi connectivity index (χ1) is 8.15. The fourth-order valence-electron chi connectivity index (χ4n) is 1.88. The van der Waals surface area contributed by atoms with Crippen LogP contribution in [-0.2, 0) is 11.2 Å². The molecular formula is C15H21NO. The van der Waals surface area contributed by atoms with Crippen LogP contribution in [0.2, 0.25) is 0 Å². The largest absolute Gasteiger partial charge is 0.317 e. The summed E-state index contributed by atoms with van der Waals surface area (Å²) in [6, 6.07) is 10.3. The molecule has 1 amide bonds. The highest BCUT2D eigenvalue weighted by molar-refractivity contribution is 5.77. The van der Waals surface area contributed by atoms with Crippen LogP contribution in [0, 0.1) is 0 Å². The van der Waals surface area contributed by atoms with Crippen LogP contribution in [0.1, 0.15) is 32.3 Å². The molecule has 0 radical (unpaired) electrons. The van der Waals surface area contributed by atoms with Crippen molar-refractivity contribution in [3.05, 3.63) is 48.2 Å². The predicted octanol–water partition coefficient (Wildman–Crippen LogP) is 3.39. The second kappa shape index (κ2) is 6.89. The van der Waals surface area contributed by atoms with Gasteiger partial charge in [0.05, 0.1) is 0 Å². The molecule has 2 nitrogen and oxygen atoms in total. The molecule has 0 unspecified atom stereocenters. The van der Waals surface area contributed by atoms with Crippen LogP contribution in [0.15, 0.2) is 42.6 Å². The minimum absolute atomic E-state index is 0.177. The van der Waals surface area contributed by atoms with Crippen molar-refractivity contribution in [3.8, 4) is 0 Å². The fourth-order valence-corrected chi connectivity index (χ4v) is 1.88. The molecule has 1 rings (SSSR count). The van der Waals surface area contributed by atoms with Crippen molar-refractivity contribution in [1.82, 2.24) is 4.90 Å². The van der Waals surface area contributed by atoms with Crippen molar-refractivity contribution in [2.45, 2.75) is 33.1 Å². The Kier molecular flexibility index (Phi) is 5.47. The van der Waals surface area contributed by atoms with E-state index in [4.69, 9.17) is 0 Å². The Bertz CT molecular complexity index is 370. The lowest BCUT2D eigenvalue weighted by Gasteiger charge is -2.20. The summed E-state index contributed by atoms with van der Waals surface area (Å²) in [6.07, 6.45) is 2.45. The highest BCUT2D eigenvalue weighted by Gasteiger charge is 2.11. The molecule has 2 heteroatoms. The van der Waals surface area contributed by atoms with E-state index in [1.165, 1.54) is 5.56 Å². The molecule has 0 aliphatic heterocycles. The molecule has 17 heavy (non-hydrogen) atoms. The van der Waals surface area contributed by atoms with Crippen molar-refractivity contribution >= 4 is 5.91 Å². The topological polar surface area (TPSA) is 20.3 Å². The lowest BCUT2D eigenvalue weighted by molar-refractivity contribution is -0.129. The summed E-state index contributed by atoms with van der Waals surface area (Å²) < 4.78 is 0. The molecule has 0 bridgehead atoms. The Hall–Kier alpha value is -1.57. The summed E-state index contributed by atoms with van der Waals surface area (Å²) in [6.45, 7) is 8.38. The van der Waals surface area contributed by atoms with Crippen LogP contribution in [0.5, 0.6) is 0 Å². The van der Waals surface area contributed by atoms with E-state index in [1.807, 2.05) is 32.0 Å². The van der Waals surface area contributed by atoms with E-state index in [0.717, 1.165) is 18.5 Å². The number of nitrogens with zero attached hydrogens (tertiary/aromatic N) is 1. The normalized spacial score (nSPS) is 10.0. The molecule has 0 aliphatic carbocycles. The number of allylic oxidation sites excluding steroid dienone is 1.